The molecule has 1 aromatic carbocycles. The molecule has 2 aliphatic heterocycles. The maximum Gasteiger partial charge on any atom is 0.166 e. The fourth-order valence-corrected chi connectivity index (χ4v) is 5.31. The standard InChI is InChI=1S/C22H27N3O2S/c1-5-15-13-28-22-24-19(17-10-6-7-12-23-17)20(25(15)22)16-9-8-11-18(26-4)21(16)27-14(2)3/h6-12,14-15,19-20H,5,13H2,1-4H3/t15-,19-,20+/m1/s1. The van der Waals surface area contributed by atoms with Gasteiger partial charge in [-0.15, -0.1) is 0 Å². The molecule has 2 aliphatic rings. The fourth-order valence-electron chi connectivity index (χ4n) is 3.98. The number of nitrogens with zero attached hydrogens (tertiary/aromatic N) is 3. The number of ether oxygens (including phenoxy) is 2. The first-order chi connectivity index (χ1) is 13.6. The van der Waals surface area contributed by atoms with Gasteiger partial charge in [0.15, 0.2) is 16.7 Å². The minimum Gasteiger partial charge on any atom is -0.493 e. The van der Waals surface area contributed by atoms with Crippen LogP contribution in [0.5, 0.6) is 11.5 Å². The molecule has 28 heavy (non-hydrogen) atoms. The summed E-state index contributed by atoms with van der Waals surface area (Å²) >= 11 is 1.85. The van der Waals surface area contributed by atoms with Crippen LogP contribution in [0.4, 0.5) is 0 Å². The number of fused-ring (bicyclic) bond motifs is 1. The van der Waals surface area contributed by atoms with Crippen LogP contribution in [0.15, 0.2) is 47.6 Å². The van der Waals surface area contributed by atoms with E-state index in [1.165, 1.54) is 0 Å². The maximum atomic E-state index is 6.25. The van der Waals surface area contributed by atoms with Crippen molar-refractivity contribution >= 4 is 16.9 Å². The second-order valence-electron chi connectivity index (χ2n) is 7.38. The van der Waals surface area contributed by atoms with Gasteiger partial charge in [-0.2, -0.15) is 0 Å². The van der Waals surface area contributed by atoms with Gasteiger partial charge in [-0.05, 0) is 38.5 Å². The number of aliphatic imine (C=N–C) groups is 1. The highest BCUT2D eigenvalue weighted by Crippen LogP contribution is 2.51. The Morgan fingerprint density at radius 3 is 2.75 bits per heavy atom. The lowest BCUT2D eigenvalue weighted by molar-refractivity contribution is 0.209. The van der Waals surface area contributed by atoms with Crippen LogP contribution >= 0.6 is 11.8 Å². The van der Waals surface area contributed by atoms with Crippen LogP contribution in [0, 0.1) is 0 Å². The lowest BCUT2D eigenvalue weighted by atomic mass is 9.94. The van der Waals surface area contributed by atoms with Crippen LogP contribution in [-0.4, -0.2) is 40.1 Å². The molecule has 6 heteroatoms. The van der Waals surface area contributed by atoms with E-state index in [4.69, 9.17) is 14.5 Å². The number of thioether (sulfide) groups is 1. The molecule has 3 heterocycles. The third-order valence-electron chi connectivity index (χ3n) is 5.23. The summed E-state index contributed by atoms with van der Waals surface area (Å²) in [5.74, 6) is 2.65. The van der Waals surface area contributed by atoms with E-state index in [0.29, 0.717) is 6.04 Å². The molecule has 0 radical (unpaired) electrons. The lowest BCUT2D eigenvalue weighted by Gasteiger charge is -2.33. The molecule has 0 aliphatic carbocycles. The summed E-state index contributed by atoms with van der Waals surface area (Å²) < 4.78 is 11.9. The Morgan fingerprint density at radius 2 is 2.07 bits per heavy atom. The van der Waals surface area contributed by atoms with E-state index in [1.54, 1.807) is 7.11 Å². The second kappa shape index (κ2) is 8.03. The molecule has 1 aromatic heterocycles. The van der Waals surface area contributed by atoms with Crippen molar-refractivity contribution in [2.24, 2.45) is 4.99 Å². The zero-order chi connectivity index (χ0) is 19.7. The lowest BCUT2D eigenvalue weighted by Crippen LogP contribution is -2.35. The van der Waals surface area contributed by atoms with Crippen LogP contribution in [0.1, 0.15) is 50.5 Å². The van der Waals surface area contributed by atoms with Gasteiger partial charge >= 0.3 is 0 Å². The van der Waals surface area contributed by atoms with Gasteiger partial charge in [-0.25, -0.2) is 0 Å². The van der Waals surface area contributed by atoms with Crippen LogP contribution < -0.4 is 9.47 Å². The van der Waals surface area contributed by atoms with Gasteiger partial charge in [0.25, 0.3) is 0 Å². The van der Waals surface area contributed by atoms with Crippen molar-refractivity contribution in [3.05, 3.63) is 53.9 Å². The van der Waals surface area contributed by atoms with E-state index in [0.717, 1.165) is 40.1 Å². The van der Waals surface area contributed by atoms with Gasteiger partial charge < -0.3 is 14.4 Å². The number of rotatable bonds is 6. The number of amidine groups is 1. The summed E-state index contributed by atoms with van der Waals surface area (Å²) in [6.07, 6.45) is 2.99. The smallest absolute Gasteiger partial charge is 0.166 e. The number of hydrogen-bond acceptors (Lipinski definition) is 6. The van der Waals surface area contributed by atoms with Crippen LogP contribution in [0.2, 0.25) is 0 Å². The fraction of sp³-hybridized carbons (Fsp3) is 0.455. The molecule has 5 nitrogen and oxygen atoms in total. The SMILES string of the molecule is CC[C@@H]1CSC2=N[C@H](c3ccccn3)[C@H](c3cccc(OC)c3OC(C)C)N21. The predicted molar refractivity (Wildman–Crippen MR) is 114 cm³/mol. The van der Waals surface area contributed by atoms with Crippen molar-refractivity contribution in [1.29, 1.82) is 0 Å². The van der Waals surface area contributed by atoms with Gasteiger partial charge in [0.05, 0.1) is 24.9 Å². The Balaban J connectivity index is 1.85. The largest absolute Gasteiger partial charge is 0.493 e. The molecule has 1 saturated heterocycles. The molecule has 0 N–H and O–H groups in total. The topological polar surface area (TPSA) is 47.0 Å². The quantitative estimate of drug-likeness (QED) is 0.697. The summed E-state index contributed by atoms with van der Waals surface area (Å²) in [5, 5.41) is 1.12. The van der Waals surface area contributed by atoms with Gasteiger partial charge in [-0.1, -0.05) is 36.9 Å². The minimum absolute atomic E-state index is 0.0497. The average Bonchev–Trinajstić information content (AvgIpc) is 3.27. The van der Waals surface area contributed by atoms with Crippen molar-refractivity contribution in [3.63, 3.8) is 0 Å². The van der Waals surface area contributed by atoms with E-state index in [1.807, 2.05) is 56.1 Å². The van der Waals surface area contributed by atoms with E-state index in [2.05, 4.69) is 28.9 Å². The number of pyridine rings is 1. The van der Waals surface area contributed by atoms with Crippen molar-refractivity contribution in [3.8, 4) is 11.5 Å². The molecule has 148 valence electrons. The molecule has 0 bridgehead atoms. The first-order valence-electron chi connectivity index (χ1n) is 9.87. The molecule has 1 fully saturated rings. The molecule has 0 amide bonds. The monoisotopic (exact) mass is 397 g/mol. The summed E-state index contributed by atoms with van der Waals surface area (Å²) in [6, 6.07) is 12.7. The van der Waals surface area contributed by atoms with Crippen molar-refractivity contribution in [2.45, 2.75) is 51.4 Å². The maximum absolute atomic E-state index is 6.25. The van der Waals surface area contributed by atoms with Crippen molar-refractivity contribution < 1.29 is 9.47 Å². The molecular weight excluding hydrogens is 370 g/mol. The van der Waals surface area contributed by atoms with E-state index >= 15 is 0 Å². The Hall–Kier alpha value is -2.21. The second-order valence-corrected chi connectivity index (χ2v) is 8.37. The Labute approximate surface area is 171 Å². The van der Waals surface area contributed by atoms with Gasteiger partial charge in [0.1, 0.15) is 6.04 Å². The number of methoxy groups -OCH3 is 1. The molecular formula is C22H27N3O2S. The van der Waals surface area contributed by atoms with E-state index in [-0.39, 0.29) is 18.2 Å². The highest BCUT2D eigenvalue weighted by atomic mass is 32.2. The predicted octanol–water partition coefficient (Wildman–Crippen LogP) is 4.86. The van der Waals surface area contributed by atoms with Gasteiger partial charge in [0, 0.05) is 23.6 Å². The van der Waals surface area contributed by atoms with Gasteiger partial charge in [0.2, 0.25) is 0 Å². The zero-order valence-electron chi connectivity index (χ0n) is 16.8. The molecule has 4 rings (SSSR count). The summed E-state index contributed by atoms with van der Waals surface area (Å²) in [5.41, 5.74) is 2.10. The highest BCUT2D eigenvalue weighted by molar-refractivity contribution is 8.14. The third kappa shape index (κ3) is 3.34. The molecule has 2 aromatic rings. The minimum atomic E-state index is -0.0559. The number of benzene rings is 1. The Kier molecular flexibility index (Phi) is 5.49. The molecule has 3 atom stereocenters. The van der Waals surface area contributed by atoms with Gasteiger partial charge in [-0.3, -0.25) is 9.98 Å². The number of hydrogen-bond donors (Lipinski definition) is 0. The molecule has 0 unspecified atom stereocenters. The van der Waals surface area contributed by atoms with Crippen LogP contribution in [-0.2, 0) is 0 Å². The first kappa shape index (κ1) is 19.1. The average molecular weight is 398 g/mol. The first-order valence-corrected chi connectivity index (χ1v) is 10.9. The Morgan fingerprint density at radius 1 is 1.21 bits per heavy atom. The van der Waals surface area contributed by atoms with Crippen molar-refractivity contribution in [2.75, 3.05) is 12.9 Å². The molecule has 0 spiro atoms. The Bertz CT molecular complexity index is 856. The highest BCUT2D eigenvalue weighted by Gasteiger charge is 2.46. The summed E-state index contributed by atoms with van der Waals surface area (Å²) in [7, 11) is 1.69. The zero-order valence-corrected chi connectivity index (χ0v) is 17.6. The van der Waals surface area contributed by atoms with E-state index in [9.17, 15) is 0 Å². The number of aromatic nitrogens is 1. The third-order valence-corrected chi connectivity index (χ3v) is 6.36. The van der Waals surface area contributed by atoms with Crippen LogP contribution in [0.3, 0.4) is 0 Å². The van der Waals surface area contributed by atoms with Crippen molar-refractivity contribution in [1.82, 2.24) is 9.88 Å². The normalized spacial score (nSPS) is 23.7. The summed E-state index contributed by atoms with van der Waals surface area (Å²) in [4.78, 5) is 12.2. The van der Waals surface area contributed by atoms with Crippen LogP contribution in [0.25, 0.3) is 0 Å². The number of para-hydroxylation sites is 1. The summed E-state index contributed by atoms with van der Waals surface area (Å²) in [6.45, 7) is 6.34. The van der Waals surface area contributed by atoms with E-state index < -0.39 is 0 Å². The molecule has 0 saturated carbocycles.